The molecule has 1 aliphatic carbocycles. The molecule has 0 bridgehead atoms. The minimum Gasteiger partial charge on any atom is -0.393 e. The minimum absolute atomic E-state index is 0.0436. The van der Waals surface area contributed by atoms with Gasteiger partial charge in [-0.05, 0) is 30.5 Å². The Morgan fingerprint density at radius 3 is 2.83 bits per heavy atom. The number of nitrogens with two attached hydrogens (primary N) is 1. The Morgan fingerprint density at radius 2 is 2.07 bits per heavy atom. The zero-order chi connectivity index (χ0) is 21.3. The molecular formula is C19H22ClN5O4S. The molecule has 30 heavy (non-hydrogen) atoms. The summed E-state index contributed by atoms with van der Waals surface area (Å²) >= 11 is 6.22. The number of nitrogens with one attached hydrogen (secondary N) is 1. The molecule has 0 amide bonds. The molecule has 1 fully saturated rings. The Kier molecular flexibility index (Phi) is 5.94. The molecule has 0 spiro atoms. The van der Waals surface area contributed by atoms with Crippen LogP contribution in [0.2, 0.25) is 5.02 Å². The number of hydrogen-bond acceptors (Lipinski definition) is 7. The number of aromatic nitrogens is 3. The van der Waals surface area contributed by atoms with E-state index in [0.717, 1.165) is 16.6 Å². The van der Waals surface area contributed by atoms with Crippen LogP contribution >= 0.6 is 11.6 Å². The van der Waals surface area contributed by atoms with Crippen molar-refractivity contribution >= 4 is 38.8 Å². The van der Waals surface area contributed by atoms with Crippen LogP contribution in [0.15, 0.2) is 42.9 Å². The summed E-state index contributed by atoms with van der Waals surface area (Å²) in [6.45, 7) is 0.376. The fourth-order valence-electron chi connectivity index (χ4n) is 3.89. The molecule has 1 aliphatic rings. The van der Waals surface area contributed by atoms with Gasteiger partial charge in [-0.25, -0.2) is 15.1 Å². The Labute approximate surface area is 179 Å². The monoisotopic (exact) mass is 451 g/mol. The summed E-state index contributed by atoms with van der Waals surface area (Å²) in [6.07, 6.45) is 3.72. The third kappa shape index (κ3) is 4.57. The fraction of sp³-hybridized carbons (Fsp3) is 0.368. The lowest BCUT2D eigenvalue weighted by molar-refractivity contribution is 0.100. The Balaban J connectivity index is 1.51. The quantitative estimate of drug-likeness (QED) is 0.501. The second kappa shape index (κ2) is 8.48. The lowest BCUT2D eigenvalue weighted by Gasteiger charge is -2.14. The molecule has 3 aromatic rings. The SMILES string of the molecule is NS(=O)(=O)OC[C@@H]1CC(n2ccc3c(NCc4ccccc4Cl)ncnc32)C[C@@H]1O. The van der Waals surface area contributed by atoms with Gasteiger partial charge in [-0.15, -0.1) is 0 Å². The van der Waals surface area contributed by atoms with Crippen LogP contribution in [0.25, 0.3) is 11.0 Å². The second-order valence-electron chi connectivity index (χ2n) is 7.36. The van der Waals surface area contributed by atoms with E-state index in [1.54, 1.807) is 0 Å². The van der Waals surface area contributed by atoms with E-state index in [9.17, 15) is 13.5 Å². The summed E-state index contributed by atoms with van der Waals surface area (Å²) in [5.74, 6) is 0.358. The van der Waals surface area contributed by atoms with E-state index in [1.807, 2.05) is 41.1 Å². The van der Waals surface area contributed by atoms with Crippen molar-refractivity contribution in [1.82, 2.24) is 14.5 Å². The molecule has 4 rings (SSSR count). The summed E-state index contributed by atoms with van der Waals surface area (Å²) in [4.78, 5) is 8.76. The van der Waals surface area contributed by atoms with Gasteiger partial charge in [0.2, 0.25) is 0 Å². The van der Waals surface area contributed by atoms with E-state index in [2.05, 4.69) is 19.5 Å². The maximum atomic E-state index is 11.0. The van der Waals surface area contributed by atoms with Crippen molar-refractivity contribution < 1.29 is 17.7 Å². The number of fused-ring (bicyclic) bond motifs is 1. The number of aliphatic hydroxyl groups is 1. The van der Waals surface area contributed by atoms with Crippen molar-refractivity contribution in [3.05, 3.63) is 53.4 Å². The van der Waals surface area contributed by atoms with Crippen LogP contribution < -0.4 is 10.5 Å². The summed E-state index contributed by atoms with van der Waals surface area (Å²) in [6, 6.07) is 9.47. The number of benzene rings is 1. The molecular weight excluding hydrogens is 430 g/mol. The zero-order valence-electron chi connectivity index (χ0n) is 16.0. The van der Waals surface area contributed by atoms with Gasteiger partial charge in [0.05, 0.1) is 18.1 Å². The molecule has 1 aromatic carbocycles. The molecule has 0 aliphatic heterocycles. The van der Waals surface area contributed by atoms with Gasteiger partial charge >= 0.3 is 10.3 Å². The topological polar surface area (TPSA) is 132 Å². The predicted octanol–water partition coefficient (Wildman–Crippen LogP) is 2.23. The first-order chi connectivity index (χ1) is 14.3. The largest absolute Gasteiger partial charge is 0.393 e. The van der Waals surface area contributed by atoms with Gasteiger partial charge in [-0.1, -0.05) is 29.8 Å². The highest BCUT2D eigenvalue weighted by atomic mass is 35.5. The van der Waals surface area contributed by atoms with Gasteiger partial charge in [0, 0.05) is 29.7 Å². The van der Waals surface area contributed by atoms with Crippen LogP contribution in [-0.2, 0) is 21.0 Å². The number of nitrogens with zero attached hydrogens (tertiary/aromatic N) is 3. The second-order valence-corrected chi connectivity index (χ2v) is 8.99. The van der Waals surface area contributed by atoms with E-state index in [4.69, 9.17) is 16.7 Å². The maximum absolute atomic E-state index is 11.0. The molecule has 9 nitrogen and oxygen atoms in total. The van der Waals surface area contributed by atoms with Crippen molar-refractivity contribution in [2.45, 2.75) is 31.5 Å². The standard InChI is InChI=1S/C19H22ClN5O4S/c20-16-4-2-1-3-12(16)9-22-18-15-5-6-25(19(15)24-11-23-18)14-7-13(17(26)8-14)10-29-30(21,27)28/h1-6,11,13-14,17,26H,7-10H2,(H2,21,27,28)(H,22,23,24)/t13-,14?,17-/m0/s1. The Morgan fingerprint density at radius 1 is 1.27 bits per heavy atom. The molecule has 160 valence electrons. The lowest BCUT2D eigenvalue weighted by atomic mass is 10.1. The smallest absolute Gasteiger partial charge is 0.333 e. The molecule has 0 saturated heterocycles. The van der Waals surface area contributed by atoms with Crippen molar-refractivity contribution in [1.29, 1.82) is 0 Å². The molecule has 1 unspecified atom stereocenters. The summed E-state index contributed by atoms with van der Waals surface area (Å²) < 4.78 is 28.7. The van der Waals surface area contributed by atoms with Crippen LogP contribution in [0.3, 0.4) is 0 Å². The number of rotatable bonds is 7. The van der Waals surface area contributed by atoms with Crippen molar-refractivity contribution in [2.75, 3.05) is 11.9 Å². The molecule has 2 aromatic heterocycles. The van der Waals surface area contributed by atoms with Gasteiger partial charge < -0.3 is 15.0 Å². The number of aliphatic hydroxyl groups excluding tert-OH is 1. The molecule has 4 N–H and O–H groups in total. The minimum atomic E-state index is -4.04. The molecule has 3 atom stereocenters. The Bertz CT molecular complexity index is 1150. The van der Waals surface area contributed by atoms with Crippen LogP contribution in [-0.4, -0.2) is 40.8 Å². The third-order valence-corrected chi connectivity index (χ3v) is 6.22. The average Bonchev–Trinajstić information content (AvgIpc) is 3.29. The van der Waals surface area contributed by atoms with Gasteiger partial charge in [0.25, 0.3) is 0 Å². The predicted molar refractivity (Wildman–Crippen MR) is 113 cm³/mol. The van der Waals surface area contributed by atoms with Crippen LogP contribution in [0.1, 0.15) is 24.4 Å². The first-order valence-electron chi connectivity index (χ1n) is 9.46. The van der Waals surface area contributed by atoms with Gasteiger partial charge in [0.15, 0.2) is 0 Å². The molecule has 1 saturated carbocycles. The van der Waals surface area contributed by atoms with Crippen LogP contribution in [0.5, 0.6) is 0 Å². The van der Waals surface area contributed by atoms with Crippen molar-refractivity contribution in [3.63, 3.8) is 0 Å². The highest BCUT2D eigenvalue weighted by Crippen LogP contribution is 2.37. The van der Waals surface area contributed by atoms with Crippen LogP contribution in [0, 0.1) is 5.92 Å². The highest BCUT2D eigenvalue weighted by Gasteiger charge is 2.35. The van der Waals surface area contributed by atoms with Crippen molar-refractivity contribution in [3.8, 4) is 0 Å². The van der Waals surface area contributed by atoms with Crippen LogP contribution in [0.4, 0.5) is 5.82 Å². The van der Waals surface area contributed by atoms with E-state index < -0.39 is 16.4 Å². The fourth-order valence-corrected chi connectivity index (χ4v) is 4.46. The highest BCUT2D eigenvalue weighted by molar-refractivity contribution is 7.84. The first-order valence-corrected chi connectivity index (χ1v) is 11.3. The third-order valence-electron chi connectivity index (χ3n) is 5.39. The zero-order valence-corrected chi connectivity index (χ0v) is 17.6. The van der Waals surface area contributed by atoms with E-state index in [1.165, 1.54) is 6.33 Å². The average molecular weight is 452 g/mol. The Hall–Kier alpha value is -2.24. The van der Waals surface area contributed by atoms with Gasteiger partial charge in [0.1, 0.15) is 17.8 Å². The number of anilines is 1. The number of halogens is 1. The van der Waals surface area contributed by atoms with E-state index >= 15 is 0 Å². The molecule has 11 heteroatoms. The number of hydrogen-bond donors (Lipinski definition) is 3. The maximum Gasteiger partial charge on any atom is 0.333 e. The summed E-state index contributed by atoms with van der Waals surface area (Å²) in [7, 11) is -4.04. The van der Waals surface area contributed by atoms with Crippen molar-refractivity contribution in [2.24, 2.45) is 11.1 Å². The van der Waals surface area contributed by atoms with Gasteiger partial charge in [-0.3, -0.25) is 4.18 Å². The lowest BCUT2D eigenvalue weighted by Crippen LogP contribution is -2.24. The van der Waals surface area contributed by atoms with Gasteiger partial charge in [-0.2, -0.15) is 8.42 Å². The summed E-state index contributed by atoms with van der Waals surface area (Å²) in [5.41, 5.74) is 1.69. The van der Waals surface area contributed by atoms with E-state index in [0.29, 0.717) is 30.2 Å². The first kappa shape index (κ1) is 21.0. The summed E-state index contributed by atoms with van der Waals surface area (Å²) in [5, 5.41) is 20.1. The normalized spacial score (nSPS) is 21.9. The van der Waals surface area contributed by atoms with E-state index in [-0.39, 0.29) is 18.6 Å². The molecule has 0 radical (unpaired) electrons. The molecule has 2 heterocycles.